The molecule has 7 rings (SSSR count). The molecule has 1 aromatic heterocycles. The molecule has 178 valence electrons. The van der Waals surface area contributed by atoms with Crippen molar-refractivity contribution in [2.24, 2.45) is 23.2 Å². The van der Waals surface area contributed by atoms with E-state index in [0.717, 1.165) is 46.8 Å². The van der Waals surface area contributed by atoms with Gasteiger partial charge in [-0.15, -0.1) is 0 Å². The Kier molecular flexibility index (Phi) is 5.95. The molecular formula is C28H32Cl2N4. The van der Waals surface area contributed by atoms with Gasteiger partial charge in [0.05, 0.1) is 16.6 Å². The van der Waals surface area contributed by atoms with E-state index in [4.69, 9.17) is 33.4 Å². The van der Waals surface area contributed by atoms with Crippen molar-refractivity contribution in [3.63, 3.8) is 0 Å². The Balaban J connectivity index is 1.23. The lowest BCUT2D eigenvalue weighted by Gasteiger charge is -2.59. The van der Waals surface area contributed by atoms with E-state index in [1.807, 2.05) is 24.3 Å². The van der Waals surface area contributed by atoms with Crippen LogP contribution in [0.5, 0.6) is 0 Å². The fourth-order valence-electron chi connectivity index (χ4n) is 7.37. The lowest BCUT2D eigenvalue weighted by molar-refractivity contribution is -0.0707. The van der Waals surface area contributed by atoms with E-state index in [-0.39, 0.29) is 0 Å². The Hall–Kier alpha value is -1.88. The van der Waals surface area contributed by atoms with Crippen LogP contribution in [0.3, 0.4) is 0 Å². The van der Waals surface area contributed by atoms with Gasteiger partial charge in [-0.2, -0.15) is 15.0 Å². The van der Waals surface area contributed by atoms with E-state index in [9.17, 15) is 0 Å². The SMILES string of the molecule is C[C@@H](NCc1nn(Cc2ccc(Cl)c(Cl)c2)nc1-c1ccccc1)C12CC3CC(CC(C3)C1)C2. The van der Waals surface area contributed by atoms with Gasteiger partial charge < -0.3 is 5.32 Å². The molecule has 34 heavy (non-hydrogen) atoms. The third-order valence-electron chi connectivity index (χ3n) is 8.66. The summed E-state index contributed by atoms with van der Waals surface area (Å²) in [6.07, 6.45) is 8.65. The molecule has 0 amide bonds. The standard InChI is InChI=1S/C28H32Cl2N4/c1-18(28-13-20-9-21(14-28)11-22(10-20)15-28)31-16-26-27(23-5-3-2-4-6-23)33-34(32-26)17-19-7-8-24(29)25(30)12-19/h2-8,12,18,20-22,31H,9-11,13-17H2,1H3/t18-,20?,21?,22?,28?/m1/s1. The van der Waals surface area contributed by atoms with Crippen molar-refractivity contribution < 1.29 is 0 Å². The van der Waals surface area contributed by atoms with Crippen molar-refractivity contribution in [2.45, 2.75) is 64.6 Å². The Morgan fingerprint density at radius 3 is 2.26 bits per heavy atom. The average molecular weight is 495 g/mol. The summed E-state index contributed by atoms with van der Waals surface area (Å²) in [6.45, 7) is 3.70. The van der Waals surface area contributed by atoms with E-state index >= 15 is 0 Å². The summed E-state index contributed by atoms with van der Waals surface area (Å²) in [5.41, 5.74) is 4.55. The van der Waals surface area contributed by atoms with Crippen molar-refractivity contribution in [3.8, 4) is 11.3 Å². The molecule has 6 heteroatoms. The molecule has 0 spiro atoms. The molecule has 1 atom stereocenters. The van der Waals surface area contributed by atoms with Gasteiger partial charge >= 0.3 is 0 Å². The van der Waals surface area contributed by atoms with Gasteiger partial charge in [0.25, 0.3) is 0 Å². The van der Waals surface area contributed by atoms with Gasteiger partial charge in [-0.25, -0.2) is 0 Å². The number of rotatable bonds is 7. The number of hydrogen-bond acceptors (Lipinski definition) is 3. The average Bonchev–Trinajstić information content (AvgIpc) is 3.22. The first-order valence-corrected chi connectivity index (χ1v) is 13.4. The molecule has 4 aliphatic carbocycles. The molecule has 2 aromatic carbocycles. The van der Waals surface area contributed by atoms with Gasteiger partial charge in [-0.1, -0.05) is 59.6 Å². The number of benzene rings is 2. The Labute approximate surface area is 212 Å². The normalized spacial score (nSPS) is 28.4. The minimum atomic E-state index is 0.470. The maximum atomic E-state index is 6.23. The Morgan fingerprint density at radius 1 is 0.941 bits per heavy atom. The Bertz CT molecular complexity index is 1140. The second kappa shape index (κ2) is 8.96. The zero-order chi connectivity index (χ0) is 23.3. The molecule has 0 saturated heterocycles. The topological polar surface area (TPSA) is 42.7 Å². The van der Waals surface area contributed by atoms with E-state index in [0.29, 0.717) is 28.0 Å². The van der Waals surface area contributed by atoms with E-state index < -0.39 is 0 Å². The molecule has 4 fully saturated rings. The van der Waals surface area contributed by atoms with Crippen molar-refractivity contribution in [1.29, 1.82) is 0 Å². The van der Waals surface area contributed by atoms with Crippen LogP contribution in [0.15, 0.2) is 48.5 Å². The summed E-state index contributed by atoms with van der Waals surface area (Å²) in [6, 6.07) is 16.6. The fourth-order valence-corrected chi connectivity index (χ4v) is 7.69. The monoisotopic (exact) mass is 494 g/mol. The molecule has 4 nitrogen and oxygen atoms in total. The van der Waals surface area contributed by atoms with E-state index in [2.05, 4.69) is 36.5 Å². The number of nitrogens with one attached hydrogen (secondary N) is 1. The summed E-state index contributed by atoms with van der Waals surface area (Å²) < 4.78 is 0. The van der Waals surface area contributed by atoms with Crippen LogP contribution in [0.4, 0.5) is 0 Å². The molecule has 1 heterocycles. The lowest BCUT2D eigenvalue weighted by Crippen LogP contribution is -2.54. The van der Waals surface area contributed by atoms with Crippen molar-refractivity contribution in [1.82, 2.24) is 20.3 Å². The minimum Gasteiger partial charge on any atom is -0.308 e. The van der Waals surface area contributed by atoms with Crippen LogP contribution in [-0.2, 0) is 13.1 Å². The molecule has 4 saturated carbocycles. The van der Waals surface area contributed by atoms with Crippen LogP contribution >= 0.6 is 23.2 Å². The highest BCUT2D eigenvalue weighted by atomic mass is 35.5. The number of hydrogen-bond donors (Lipinski definition) is 1. The predicted octanol–water partition coefficient (Wildman–Crippen LogP) is 6.99. The molecule has 4 aliphatic rings. The van der Waals surface area contributed by atoms with Crippen molar-refractivity contribution >= 4 is 23.2 Å². The molecule has 0 unspecified atom stereocenters. The smallest absolute Gasteiger partial charge is 0.117 e. The quantitative estimate of drug-likeness (QED) is 0.384. The first-order valence-electron chi connectivity index (χ1n) is 12.6. The van der Waals surface area contributed by atoms with Crippen LogP contribution in [0.2, 0.25) is 10.0 Å². The third kappa shape index (κ3) is 4.29. The van der Waals surface area contributed by atoms with Crippen LogP contribution in [0.1, 0.15) is 56.7 Å². The first kappa shape index (κ1) is 22.6. The summed E-state index contributed by atoms with van der Waals surface area (Å²) in [5, 5.41) is 14.8. The van der Waals surface area contributed by atoms with Crippen LogP contribution in [0, 0.1) is 23.2 Å². The van der Waals surface area contributed by atoms with Gasteiger partial charge in [0, 0.05) is 18.2 Å². The lowest BCUT2D eigenvalue weighted by atomic mass is 9.48. The van der Waals surface area contributed by atoms with Crippen molar-refractivity contribution in [2.75, 3.05) is 0 Å². The van der Waals surface area contributed by atoms with Gasteiger partial charge in [-0.3, -0.25) is 0 Å². The maximum Gasteiger partial charge on any atom is 0.117 e. The predicted molar refractivity (Wildman–Crippen MR) is 138 cm³/mol. The van der Waals surface area contributed by atoms with Crippen LogP contribution in [0.25, 0.3) is 11.3 Å². The summed E-state index contributed by atoms with van der Waals surface area (Å²) in [7, 11) is 0. The van der Waals surface area contributed by atoms with Crippen molar-refractivity contribution in [3.05, 3.63) is 69.8 Å². The maximum absolute atomic E-state index is 6.23. The highest BCUT2D eigenvalue weighted by Crippen LogP contribution is 2.61. The van der Waals surface area contributed by atoms with E-state index in [1.54, 1.807) is 4.80 Å². The minimum absolute atomic E-state index is 0.470. The number of nitrogens with zero attached hydrogens (tertiary/aromatic N) is 3. The third-order valence-corrected chi connectivity index (χ3v) is 9.40. The highest BCUT2D eigenvalue weighted by molar-refractivity contribution is 6.42. The largest absolute Gasteiger partial charge is 0.308 e. The van der Waals surface area contributed by atoms with Gasteiger partial charge in [0.2, 0.25) is 0 Å². The zero-order valence-electron chi connectivity index (χ0n) is 19.7. The van der Waals surface area contributed by atoms with Crippen LogP contribution in [-0.4, -0.2) is 21.0 Å². The highest BCUT2D eigenvalue weighted by Gasteiger charge is 2.52. The number of halogens is 2. The first-order chi connectivity index (χ1) is 16.5. The molecule has 4 bridgehead atoms. The second-order valence-electron chi connectivity index (χ2n) is 11.0. The van der Waals surface area contributed by atoms with E-state index in [1.165, 1.54) is 38.5 Å². The number of aromatic nitrogens is 3. The van der Waals surface area contributed by atoms with Gasteiger partial charge in [0.1, 0.15) is 11.4 Å². The molecule has 0 radical (unpaired) electrons. The summed E-state index contributed by atoms with van der Waals surface area (Å²) in [5.74, 6) is 2.88. The fraction of sp³-hybridized carbons (Fsp3) is 0.500. The summed E-state index contributed by atoms with van der Waals surface area (Å²) >= 11 is 12.3. The second-order valence-corrected chi connectivity index (χ2v) is 11.8. The Morgan fingerprint density at radius 2 is 1.62 bits per heavy atom. The van der Waals surface area contributed by atoms with Crippen LogP contribution < -0.4 is 5.32 Å². The molecular weight excluding hydrogens is 463 g/mol. The molecule has 3 aromatic rings. The molecule has 0 aliphatic heterocycles. The van der Waals surface area contributed by atoms with Gasteiger partial charge in [-0.05, 0) is 86.3 Å². The summed E-state index contributed by atoms with van der Waals surface area (Å²) in [4.78, 5) is 1.79. The zero-order valence-corrected chi connectivity index (χ0v) is 21.2. The van der Waals surface area contributed by atoms with Gasteiger partial charge in [0.15, 0.2) is 0 Å². The molecule has 1 N–H and O–H groups in total.